The van der Waals surface area contributed by atoms with Crippen molar-refractivity contribution in [1.29, 1.82) is 0 Å². The van der Waals surface area contributed by atoms with Crippen molar-refractivity contribution in [2.24, 2.45) is 10.3 Å². The van der Waals surface area contributed by atoms with Crippen molar-refractivity contribution >= 4 is 38.8 Å². The summed E-state index contributed by atoms with van der Waals surface area (Å²) in [5.41, 5.74) is 0. The summed E-state index contributed by atoms with van der Waals surface area (Å²) >= 11 is 6.53. The Kier molecular flexibility index (Phi) is 3.95. The molecule has 0 fully saturated rings. The molecule has 5 heteroatoms. The van der Waals surface area contributed by atoms with Gasteiger partial charge in [-0.2, -0.15) is 4.47 Å². The Hall–Kier alpha value is 1.06. The monoisotopic (exact) mass is 222 g/mol. The van der Waals surface area contributed by atoms with E-state index < -0.39 is 6.42 Å². The van der Waals surface area contributed by atoms with E-state index >= 15 is 0 Å². The summed E-state index contributed by atoms with van der Waals surface area (Å²) in [6.07, 6.45) is -0.642. The van der Waals surface area contributed by atoms with Crippen molar-refractivity contribution in [2.75, 3.05) is 0 Å². The number of nitrogens with zero attached hydrogens (tertiary/aromatic N) is 1. The zero-order valence-electron chi connectivity index (χ0n) is 2.26. The first-order valence-electron chi connectivity index (χ1n) is 0.810. The quantitative estimate of drug-likeness (QED) is 0.202. The number of hydrogen-bond donors (Lipinski definition) is 2. The smallest absolute Gasteiger partial charge is 0.0106 e. The highest BCUT2D eigenvalue weighted by atomic mass is 127. The lowest BCUT2D eigenvalue weighted by Crippen LogP contribution is -1.72. The number of nitrogens with two attached hydrogens (primary N) is 1. The first kappa shape index (κ1) is 6.06. The fraction of sp³-hybridized carbons (Fsp3) is 0. The molecule has 0 aliphatic rings. The highest BCUT2D eigenvalue weighted by molar-refractivity contribution is 14.2. The van der Waals surface area contributed by atoms with Crippen LogP contribution in [0.5, 0.6) is 0 Å². The van der Waals surface area contributed by atoms with Crippen LogP contribution >= 0.6 is 21.2 Å². The summed E-state index contributed by atoms with van der Waals surface area (Å²) < 4.78 is 3.26. The maximum atomic E-state index is 4.71. The van der Waals surface area contributed by atoms with E-state index in [9.17, 15) is 0 Å². The molecule has 0 heterocycles. The molecule has 1 atom stereocenters. The van der Waals surface area contributed by atoms with Crippen LogP contribution in [-0.4, -0.2) is 0 Å². The molecule has 0 saturated heterocycles. The van der Waals surface area contributed by atoms with Crippen LogP contribution < -0.4 is 5.84 Å². The zero-order valence-corrected chi connectivity index (χ0v) is 6.13. The molecule has 0 aromatic heterocycles. The second-order valence-corrected chi connectivity index (χ2v) is 6.77. The van der Waals surface area contributed by atoms with Crippen molar-refractivity contribution in [3.05, 3.63) is 0 Å². The van der Waals surface area contributed by atoms with Gasteiger partial charge in [0, 0.05) is 21.2 Å². The van der Waals surface area contributed by atoms with E-state index in [2.05, 4.69) is 15.7 Å². The van der Waals surface area contributed by atoms with Gasteiger partial charge in [-0.3, -0.25) is 0 Å². The van der Waals surface area contributed by atoms with E-state index in [1.54, 1.807) is 0 Å². The third kappa shape index (κ3) is 5.06. The van der Waals surface area contributed by atoms with E-state index in [1.165, 1.54) is 0 Å². The Labute approximate surface area is 49.0 Å². The van der Waals surface area contributed by atoms with E-state index in [0.717, 1.165) is 0 Å². The number of hydrogen-bond acceptors (Lipinski definition) is 2. The van der Waals surface area contributed by atoms with Crippen LogP contribution in [0.1, 0.15) is 0 Å². The van der Waals surface area contributed by atoms with Gasteiger partial charge < -0.3 is 0 Å². The van der Waals surface area contributed by atoms with Gasteiger partial charge >= 0.3 is 0 Å². The van der Waals surface area contributed by atoms with Gasteiger partial charge in [0.15, 0.2) is 0 Å². The molecule has 5 heavy (non-hydrogen) atoms. The first-order chi connectivity index (χ1) is 2.27. The second-order valence-electron chi connectivity index (χ2n) is 0.342. The van der Waals surface area contributed by atoms with Crippen LogP contribution in [0.25, 0.3) is 0 Å². The van der Waals surface area contributed by atoms with Gasteiger partial charge in [-0.15, -0.1) is 0 Å². The largest absolute Gasteiger partial charge is 0.220 e. The Morgan fingerprint density at radius 3 is 2.20 bits per heavy atom. The van der Waals surface area contributed by atoms with Gasteiger partial charge in [0.25, 0.3) is 0 Å². The standard InChI is InChI=1S/H3IN2S2/c1-5(4)3-2/h5H,2H2. The maximum Gasteiger partial charge on any atom is 0.0106 e. The molecular weight excluding hydrogens is 219 g/mol. The molecule has 0 radical (unpaired) electrons. The number of rotatable bonds is 0. The van der Waals surface area contributed by atoms with Crippen molar-refractivity contribution in [1.82, 2.24) is 0 Å². The summed E-state index contributed by atoms with van der Waals surface area (Å²) in [6.45, 7) is 0. The highest BCUT2D eigenvalue weighted by Crippen LogP contribution is 1.79. The minimum absolute atomic E-state index is 0.642. The zero-order chi connectivity index (χ0) is 4.28. The molecule has 0 spiro atoms. The molecule has 0 aliphatic carbocycles. The molecule has 1 unspecified atom stereocenters. The van der Waals surface area contributed by atoms with Crippen LogP contribution in [-0.2, 0) is 17.6 Å². The van der Waals surface area contributed by atoms with E-state index in [-0.39, 0.29) is 0 Å². The Morgan fingerprint density at radius 2 is 2.20 bits per heavy atom. The van der Waals surface area contributed by atoms with Crippen LogP contribution in [0.4, 0.5) is 0 Å². The molecule has 0 aliphatic heterocycles. The Balaban J connectivity index is 3.62. The van der Waals surface area contributed by atoms with Crippen LogP contribution in [0.3, 0.4) is 0 Å². The molecule has 0 rings (SSSR count). The number of halogens is 1. The summed E-state index contributed by atoms with van der Waals surface area (Å²) in [4.78, 5) is 0. The third-order valence-electron chi connectivity index (χ3n) is 0.0908. The average molecular weight is 222 g/mol. The topological polar surface area (TPSA) is 38.4 Å². The average Bonchev–Trinajstić information content (AvgIpc) is 1.38. The molecule has 0 bridgehead atoms. The summed E-state index contributed by atoms with van der Waals surface area (Å²) in [5.74, 6) is 4.71. The molecule has 0 amide bonds. The van der Waals surface area contributed by atoms with E-state index in [4.69, 9.17) is 5.84 Å². The third-order valence-corrected chi connectivity index (χ3v) is 1.30. The van der Waals surface area contributed by atoms with Gasteiger partial charge in [-0.25, -0.2) is 5.84 Å². The van der Waals surface area contributed by atoms with Crippen LogP contribution in [0.15, 0.2) is 4.47 Å². The first-order valence-corrected chi connectivity index (χ1v) is 5.90. The maximum absolute atomic E-state index is 4.71. The lowest BCUT2D eigenvalue weighted by molar-refractivity contribution is 1.30. The summed E-state index contributed by atoms with van der Waals surface area (Å²) in [6, 6.07) is 0. The van der Waals surface area contributed by atoms with Crippen molar-refractivity contribution < 1.29 is 0 Å². The van der Waals surface area contributed by atoms with Crippen molar-refractivity contribution in [3.63, 3.8) is 0 Å². The molecule has 2 nitrogen and oxygen atoms in total. The fourth-order valence-electron chi connectivity index (χ4n) is 0. The normalized spacial score (nSPS) is 15.6. The second kappa shape index (κ2) is 3.26. The van der Waals surface area contributed by atoms with Crippen LogP contribution in [0, 0.1) is 0 Å². The fourth-order valence-corrected chi connectivity index (χ4v) is 0. The molecule has 2 N–H and O–H groups in total. The SMILES string of the molecule is N/N=[SH](=S)/I. The Bertz CT molecular complexity index is 79.6. The van der Waals surface area contributed by atoms with Gasteiger partial charge in [0.1, 0.15) is 0 Å². The minimum Gasteiger partial charge on any atom is -0.220 e. The van der Waals surface area contributed by atoms with Crippen molar-refractivity contribution in [2.45, 2.75) is 0 Å². The highest BCUT2D eigenvalue weighted by Gasteiger charge is 1.48. The van der Waals surface area contributed by atoms with Crippen LogP contribution in [0.2, 0.25) is 0 Å². The molecule has 0 aromatic carbocycles. The van der Waals surface area contributed by atoms with E-state index in [0.29, 0.717) is 0 Å². The predicted octanol–water partition coefficient (Wildman–Crippen LogP) is 0.206. The molecular formula is H3IN2S2. The van der Waals surface area contributed by atoms with Gasteiger partial charge in [-0.1, -0.05) is 0 Å². The number of thiol groups is 1. The van der Waals surface area contributed by atoms with Gasteiger partial charge in [-0.05, 0) is 17.6 Å². The lowest BCUT2D eigenvalue weighted by Gasteiger charge is -1.62. The Morgan fingerprint density at radius 1 is 2.00 bits per heavy atom. The molecule has 32 valence electrons. The van der Waals surface area contributed by atoms with Gasteiger partial charge in [0.05, 0.1) is 0 Å². The van der Waals surface area contributed by atoms with Crippen molar-refractivity contribution in [3.8, 4) is 0 Å². The van der Waals surface area contributed by atoms with Gasteiger partial charge in [0.2, 0.25) is 0 Å². The molecule has 0 aromatic rings. The minimum atomic E-state index is -0.642. The summed E-state index contributed by atoms with van der Waals surface area (Å²) in [7, 11) is 0. The molecule has 0 saturated carbocycles. The summed E-state index contributed by atoms with van der Waals surface area (Å²) in [5, 5.41) is 0. The lowest BCUT2D eigenvalue weighted by atomic mass is 13.0. The predicted molar refractivity (Wildman–Crippen MR) is 36.8 cm³/mol. The van der Waals surface area contributed by atoms with E-state index in [1.807, 2.05) is 21.2 Å².